The summed E-state index contributed by atoms with van der Waals surface area (Å²) in [4.78, 5) is 12.0. The number of aliphatic carboxylic acids is 1. The van der Waals surface area contributed by atoms with Gasteiger partial charge in [-0.15, -0.1) is 0 Å². The van der Waals surface area contributed by atoms with Crippen LogP contribution in [0.5, 0.6) is 0 Å². The van der Waals surface area contributed by atoms with E-state index in [9.17, 15) is 18.0 Å². The molecule has 18 heavy (non-hydrogen) atoms. The average Bonchev–Trinajstić information content (AvgIpc) is 2.25. The van der Waals surface area contributed by atoms with Gasteiger partial charge in [0.25, 0.3) is 0 Å². The monoisotopic (exact) mass is 259 g/mol. The maximum Gasteiger partial charge on any atom is 0.401 e. The molecule has 2 rings (SSSR count). The van der Waals surface area contributed by atoms with E-state index < -0.39 is 24.7 Å². The van der Waals surface area contributed by atoms with Crippen LogP contribution in [0, 0.1) is 0 Å². The molecule has 1 aromatic carbocycles. The Hall–Kier alpha value is -1.56. The van der Waals surface area contributed by atoms with Gasteiger partial charge in [0.2, 0.25) is 0 Å². The highest BCUT2D eigenvalue weighted by molar-refractivity contribution is 5.74. The van der Waals surface area contributed by atoms with Crippen molar-refractivity contribution >= 4 is 5.97 Å². The number of halogens is 3. The van der Waals surface area contributed by atoms with Crippen LogP contribution in [0.2, 0.25) is 0 Å². The second-order valence-corrected chi connectivity index (χ2v) is 4.35. The van der Waals surface area contributed by atoms with Gasteiger partial charge in [-0.05, 0) is 17.5 Å². The van der Waals surface area contributed by atoms with Crippen LogP contribution in [0.15, 0.2) is 24.3 Å². The summed E-state index contributed by atoms with van der Waals surface area (Å²) in [6.07, 6.45) is -4.28. The lowest BCUT2D eigenvalue weighted by Gasteiger charge is -2.34. The summed E-state index contributed by atoms with van der Waals surface area (Å²) in [5.74, 6) is -1.21. The van der Waals surface area contributed by atoms with Gasteiger partial charge in [-0.2, -0.15) is 13.2 Å². The number of fused-ring (bicyclic) bond motifs is 1. The van der Waals surface area contributed by atoms with Gasteiger partial charge in [-0.3, -0.25) is 9.69 Å². The van der Waals surface area contributed by atoms with Gasteiger partial charge in [-0.25, -0.2) is 0 Å². The van der Waals surface area contributed by atoms with Crippen molar-refractivity contribution in [1.29, 1.82) is 0 Å². The van der Waals surface area contributed by atoms with Crippen LogP contribution in [0.1, 0.15) is 11.1 Å². The highest BCUT2D eigenvalue weighted by Gasteiger charge is 2.38. The SMILES string of the molecule is O=C(O)[C@@H]1Cc2ccccc2CN1CC(F)(F)F. The fraction of sp³-hybridized carbons (Fsp3) is 0.417. The molecule has 1 atom stereocenters. The van der Waals surface area contributed by atoms with Gasteiger partial charge in [0.1, 0.15) is 6.04 Å². The standard InChI is InChI=1S/C12H12F3NO2/c13-12(14,15)7-16-6-9-4-2-1-3-8(9)5-10(16)11(17)18/h1-4,10H,5-7H2,(H,17,18)/t10-/m0/s1. The van der Waals surface area contributed by atoms with Crippen molar-refractivity contribution < 1.29 is 23.1 Å². The Bertz CT molecular complexity index is 459. The minimum atomic E-state index is -4.39. The summed E-state index contributed by atoms with van der Waals surface area (Å²) >= 11 is 0. The number of hydrogen-bond donors (Lipinski definition) is 1. The Morgan fingerprint density at radius 3 is 2.50 bits per heavy atom. The summed E-state index contributed by atoms with van der Waals surface area (Å²) in [6, 6.07) is 5.89. The maximum absolute atomic E-state index is 12.4. The number of carboxylic acid groups (broad SMARTS) is 1. The van der Waals surface area contributed by atoms with Crippen molar-refractivity contribution in [2.45, 2.75) is 25.2 Å². The Kier molecular flexibility index (Phi) is 3.30. The van der Waals surface area contributed by atoms with E-state index in [-0.39, 0.29) is 13.0 Å². The maximum atomic E-state index is 12.4. The zero-order chi connectivity index (χ0) is 13.3. The van der Waals surface area contributed by atoms with Gasteiger partial charge in [0.05, 0.1) is 6.54 Å². The fourth-order valence-corrected chi connectivity index (χ4v) is 2.22. The predicted molar refractivity (Wildman–Crippen MR) is 58.0 cm³/mol. The molecule has 0 bridgehead atoms. The predicted octanol–water partition coefficient (Wildman–Crippen LogP) is 2.06. The quantitative estimate of drug-likeness (QED) is 0.883. The molecule has 1 aliphatic rings. The van der Waals surface area contributed by atoms with Crippen LogP contribution >= 0.6 is 0 Å². The number of carbonyl (C=O) groups is 1. The van der Waals surface area contributed by atoms with E-state index in [2.05, 4.69) is 0 Å². The van der Waals surface area contributed by atoms with Crippen LogP contribution in [-0.2, 0) is 17.8 Å². The van der Waals surface area contributed by atoms with E-state index in [1.807, 2.05) is 0 Å². The molecule has 3 nitrogen and oxygen atoms in total. The number of rotatable bonds is 2. The Labute approximate surface area is 102 Å². The molecular weight excluding hydrogens is 247 g/mol. The lowest BCUT2D eigenvalue weighted by Crippen LogP contribution is -2.49. The molecular formula is C12H12F3NO2. The number of carboxylic acids is 1. The second kappa shape index (κ2) is 4.61. The largest absolute Gasteiger partial charge is 0.480 e. The minimum absolute atomic E-state index is 0.0205. The summed E-state index contributed by atoms with van der Waals surface area (Å²) < 4.78 is 37.3. The Morgan fingerprint density at radius 1 is 1.33 bits per heavy atom. The Morgan fingerprint density at radius 2 is 1.94 bits per heavy atom. The van der Waals surface area contributed by atoms with Gasteiger partial charge in [0.15, 0.2) is 0 Å². The van der Waals surface area contributed by atoms with Crippen LogP contribution in [0.4, 0.5) is 13.2 Å². The first kappa shape index (κ1) is 12.9. The van der Waals surface area contributed by atoms with E-state index in [1.165, 1.54) is 0 Å². The van der Waals surface area contributed by atoms with E-state index >= 15 is 0 Å². The summed E-state index contributed by atoms with van der Waals surface area (Å²) in [5.41, 5.74) is 1.57. The van der Waals surface area contributed by atoms with Crippen molar-refractivity contribution in [1.82, 2.24) is 4.90 Å². The molecule has 0 fully saturated rings. The van der Waals surface area contributed by atoms with Gasteiger partial charge >= 0.3 is 12.1 Å². The molecule has 0 unspecified atom stereocenters. The molecule has 98 valence electrons. The smallest absolute Gasteiger partial charge is 0.401 e. The molecule has 0 spiro atoms. The van der Waals surface area contributed by atoms with Crippen LogP contribution in [-0.4, -0.2) is 34.7 Å². The molecule has 0 saturated carbocycles. The fourth-order valence-electron chi connectivity index (χ4n) is 2.22. The summed E-state index contributed by atoms with van der Waals surface area (Å²) in [7, 11) is 0. The summed E-state index contributed by atoms with van der Waals surface area (Å²) in [5, 5.41) is 9.02. The van der Waals surface area contributed by atoms with Gasteiger partial charge in [-0.1, -0.05) is 24.3 Å². The first-order valence-electron chi connectivity index (χ1n) is 5.47. The van der Waals surface area contributed by atoms with Crippen molar-refractivity contribution in [3.8, 4) is 0 Å². The highest BCUT2D eigenvalue weighted by Crippen LogP contribution is 2.27. The molecule has 0 aliphatic carbocycles. The zero-order valence-corrected chi connectivity index (χ0v) is 9.44. The first-order chi connectivity index (χ1) is 8.37. The number of benzene rings is 1. The van der Waals surface area contributed by atoms with E-state index in [0.29, 0.717) is 0 Å². The van der Waals surface area contributed by atoms with Crippen molar-refractivity contribution in [3.05, 3.63) is 35.4 Å². The lowest BCUT2D eigenvalue weighted by molar-refractivity contribution is -0.163. The second-order valence-electron chi connectivity index (χ2n) is 4.35. The molecule has 1 heterocycles. The normalized spacial score (nSPS) is 20.5. The molecule has 1 aromatic rings. The topological polar surface area (TPSA) is 40.5 Å². The van der Waals surface area contributed by atoms with Gasteiger partial charge < -0.3 is 5.11 Å². The third-order valence-corrected chi connectivity index (χ3v) is 3.01. The average molecular weight is 259 g/mol. The van der Waals surface area contributed by atoms with Crippen molar-refractivity contribution in [3.63, 3.8) is 0 Å². The first-order valence-corrected chi connectivity index (χ1v) is 5.47. The molecule has 6 heteroatoms. The van der Waals surface area contributed by atoms with Crippen LogP contribution < -0.4 is 0 Å². The third kappa shape index (κ3) is 2.81. The zero-order valence-electron chi connectivity index (χ0n) is 9.44. The molecule has 0 amide bonds. The Balaban J connectivity index is 2.26. The molecule has 0 aromatic heterocycles. The van der Waals surface area contributed by atoms with Crippen molar-refractivity contribution in [2.75, 3.05) is 6.54 Å². The number of alkyl halides is 3. The third-order valence-electron chi connectivity index (χ3n) is 3.01. The number of hydrogen-bond acceptors (Lipinski definition) is 2. The molecule has 0 saturated heterocycles. The molecule has 0 radical (unpaired) electrons. The van der Waals surface area contributed by atoms with Crippen LogP contribution in [0.3, 0.4) is 0 Å². The van der Waals surface area contributed by atoms with Crippen LogP contribution in [0.25, 0.3) is 0 Å². The summed E-state index contributed by atoms with van der Waals surface area (Å²) in [6.45, 7) is -1.18. The van der Waals surface area contributed by atoms with Crippen molar-refractivity contribution in [2.24, 2.45) is 0 Å². The number of nitrogens with zero attached hydrogens (tertiary/aromatic N) is 1. The van der Waals surface area contributed by atoms with E-state index in [4.69, 9.17) is 5.11 Å². The van der Waals surface area contributed by atoms with E-state index in [1.54, 1.807) is 24.3 Å². The van der Waals surface area contributed by atoms with Gasteiger partial charge in [0, 0.05) is 6.54 Å². The molecule has 1 aliphatic heterocycles. The van der Waals surface area contributed by atoms with E-state index in [0.717, 1.165) is 16.0 Å². The molecule has 1 N–H and O–H groups in total. The minimum Gasteiger partial charge on any atom is -0.480 e. The lowest BCUT2D eigenvalue weighted by atomic mass is 9.94. The highest BCUT2D eigenvalue weighted by atomic mass is 19.4.